The smallest absolute Gasteiger partial charge is 0.351 e. The van der Waals surface area contributed by atoms with Gasteiger partial charge in [-0.3, -0.25) is 4.57 Å². The molecule has 0 saturated carbocycles. The van der Waals surface area contributed by atoms with Crippen LogP contribution >= 0.6 is 0 Å². The minimum atomic E-state index is -0.697. The highest BCUT2D eigenvalue weighted by Gasteiger charge is 2.24. The van der Waals surface area contributed by atoms with Crippen LogP contribution in [0.5, 0.6) is 0 Å². The second kappa shape index (κ2) is 3.62. The van der Waals surface area contributed by atoms with E-state index in [4.69, 9.17) is 10.5 Å². The summed E-state index contributed by atoms with van der Waals surface area (Å²) in [6, 6.07) is 0. The topological polar surface area (TPSA) is 70.1 Å². The molecule has 0 spiro atoms. The van der Waals surface area contributed by atoms with Crippen LogP contribution in [-0.2, 0) is 4.74 Å². The van der Waals surface area contributed by atoms with Crippen molar-refractivity contribution >= 4 is 5.82 Å². The van der Waals surface area contributed by atoms with Gasteiger partial charge in [-0.25, -0.2) is 9.18 Å². The van der Waals surface area contributed by atoms with Gasteiger partial charge >= 0.3 is 5.69 Å². The van der Waals surface area contributed by atoms with Crippen LogP contribution in [0.15, 0.2) is 11.0 Å². The summed E-state index contributed by atoms with van der Waals surface area (Å²) in [5.41, 5.74) is 4.60. The molecule has 1 aromatic heterocycles. The van der Waals surface area contributed by atoms with Crippen molar-refractivity contribution in [1.29, 1.82) is 0 Å². The Bertz CT molecular complexity index is 432. The highest BCUT2D eigenvalue weighted by atomic mass is 19.1. The van der Waals surface area contributed by atoms with E-state index < -0.39 is 17.7 Å². The first-order valence-electron chi connectivity index (χ1n) is 4.77. The zero-order valence-electron chi connectivity index (χ0n) is 8.31. The van der Waals surface area contributed by atoms with Gasteiger partial charge in [0.25, 0.3) is 0 Å². The Balaban J connectivity index is 2.36. The minimum absolute atomic E-state index is 0.0857. The summed E-state index contributed by atoms with van der Waals surface area (Å²) in [6.07, 6.45) is 2.25. The van der Waals surface area contributed by atoms with Crippen molar-refractivity contribution in [3.63, 3.8) is 0 Å². The number of nitrogens with zero attached hydrogens (tertiary/aromatic N) is 2. The predicted octanol–water partition coefficient (Wildman–Crippen LogP) is 0.662. The maximum atomic E-state index is 13.1. The van der Waals surface area contributed by atoms with Crippen LogP contribution in [0.1, 0.15) is 26.0 Å². The molecule has 6 heteroatoms. The molecule has 2 unspecified atom stereocenters. The van der Waals surface area contributed by atoms with E-state index >= 15 is 0 Å². The number of anilines is 1. The third-order valence-corrected chi connectivity index (χ3v) is 2.45. The van der Waals surface area contributed by atoms with Crippen molar-refractivity contribution in [2.24, 2.45) is 0 Å². The van der Waals surface area contributed by atoms with Crippen LogP contribution < -0.4 is 11.4 Å². The van der Waals surface area contributed by atoms with Crippen LogP contribution in [0.4, 0.5) is 10.2 Å². The third kappa shape index (κ3) is 1.85. The number of aromatic nitrogens is 2. The summed E-state index contributed by atoms with van der Waals surface area (Å²) in [7, 11) is 0. The third-order valence-electron chi connectivity index (χ3n) is 2.45. The molecule has 1 fully saturated rings. The standard InChI is InChI=1S/C9H12FN3O2/c1-5-2-3-7(15-5)13-4-6(10)8(11)12-9(13)14/h4-5,7H,2-3H2,1H3,(H2,11,12,14). The van der Waals surface area contributed by atoms with E-state index in [0.717, 1.165) is 17.2 Å². The van der Waals surface area contributed by atoms with Gasteiger partial charge in [-0.05, 0) is 19.8 Å². The van der Waals surface area contributed by atoms with Crippen LogP contribution in [0, 0.1) is 5.82 Å². The van der Waals surface area contributed by atoms with Crippen molar-refractivity contribution in [2.75, 3.05) is 5.73 Å². The van der Waals surface area contributed by atoms with Gasteiger partial charge in [-0.15, -0.1) is 0 Å². The van der Waals surface area contributed by atoms with Crippen molar-refractivity contribution in [1.82, 2.24) is 9.55 Å². The molecule has 1 aliphatic heterocycles. The Morgan fingerprint density at radius 1 is 1.67 bits per heavy atom. The molecule has 82 valence electrons. The molecule has 0 radical (unpaired) electrons. The fraction of sp³-hybridized carbons (Fsp3) is 0.556. The van der Waals surface area contributed by atoms with E-state index in [1.807, 2.05) is 6.92 Å². The van der Waals surface area contributed by atoms with Gasteiger partial charge in [0, 0.05) is 0 Å². The molecule has 2 atom stereocenters. The van der Waals surface area contributed by atoms with Crippen molar-refractivity contribution in [3.8, 4) is 0 Å². The number of ether oxygens (including phenoxy) is 1. The minimum Gasteiger partial charge on any atom is -0.381 e. The summed E-state index contributed by atoms with van der Waals surface area (Å²) in [5, 5.41) is 0. The van der Waals surface area contributed by atoms with Gasteiger partial charge in [-0.1, -0.05) is 0 Å². The maximum absolute atomic E-state index is 13.1. The summed E-state index contributed by atoms with van der Waals surface area (Å²) >= 11 is 0. The highest BCUT2D eigenvalue weighted by molar-refractivity contribution is 5.26. The average molecular weight is 213 g/mol. The van der Waals surface area contributed by atoms with E-state index in [9.17, 15) is 9.18 Å². The van der Waals surface area contributed by atoms with Gasteiger partial charge in [0.05, 0.1) is 12.3 Å². The molecular weight excluding hydrogens is 201 g/mol. The summed E-state index contributed by atoms with van der Waals surface area (Å²) < 4.78 is 19.7. The first kappa shape index (κ1) is 10.1. The lowest BCUT2D eigenvalue weighted by Crippen LogP contribution is -2.28. The first-order chi connectivity index (χ1) is 7.08. The number of nitrogen functional groups attached to an aromatic ring is 1. The molecular formula is C9H12FN3O2. The average Bonchev–Trinajstić information content (AvgIpc) is 2.58. The zero-order chi connectivity index (χ0) is 11.0. The molecule has 0 bridgehead atoms. The van der Waals surface area contributed by atoms with Crippen molar-refractivity contribution in [2.45, 2.75) is 32.1 Å². The van der Waals surface area contributed by atoms with E-state index in [0.29, 0.717) is 6.42 Å². The normalized spacial score (nSPS) is 25.7. The van der Waals surface area contributed by atoms with Crippen LogP contribution in [0.25, 0.3) is 0 Å². The van der Waals surface area contributed by atoms with Gasteiger partial charge in [-0.2, -0.15) is 4.98 Å². The van der Waals surface area contributed by atoms with Crippen LogP contribution in [0.3, 0.4) is 0 Å². The molecule has 0 amide bonds. The second-order valence-corrected chi connectivity index (χ2v) is 3.64. The number of nitrogens with two attached hydrogens (primary N) is 1. The van der Waals surface area contributed by atoms with Gasteiger partial charge in [0.2, 0.25) is 0 Å². The van der Waals surface area contributed by atoms with Gasteiger partial charge < -0.3 is 10.5 Å². The van der Waals surface area contributed by atoms with E-state index in [1.165, 1.54) is 0 Å². The largest absolute Gasteiger partial charge is 0.381 e. The van der Waals surface area contributed by atoms with Crippen LogP contribution in [0.2, 0.25) is 0 Å². The predicted molar refractivity (Wildman–Crippen MR) is 51.7 cm³/mol. The Hall–Kier alpha value is -1.43. The molecule has 0 aliphatic carbocycles. The molecule has 1 aliphatic rings. The maximum Gasteiger partial charge on any atom is 0.351 e. The zero-order valence-corrected chi connectivity index (χ0v) is 8.31. The molecule has 2 heterocycles. The fourth-order valence-electron chi connectivity index (χ4n) is 1.65. The number of hydrogen-bond acceptors (Lipinski definition) is 4. The Kier molecular flexibility index (Phi) is 2.44. The molecule has 0 aromatic carbocycles. The molecule has 2 rings (SSSR count). The number of rotatable bonds is 1. The van der Waals surface area contributed by atoms with E-state index in [2.05, 4.69) is 4.98 Å². The summed E-state index contributed by atoms with van der Waals surface area (Å²) in [4.78, 5) is 14.8. The fourth-order valence-corrected chi connectivity index (χ4v) is 1.65. The van der Waals surface area contributed by atoms with Gasteiger partial charge in [0.15, 0.2) is 11.6 Å². The molecule has 5 nitrogen and oxygen atoms in total. The van der Waals surface area contributed by atoms with Gasteiger partial charge in [0.1, 0.15) is 6.23 Å². The second-order valence-electron chi connectivity index (χ2n) is 3.64. The molecule has 2 N–H and O–H groups in total. The lowest BCUT2D eigenvalue weighted by Gasteiger charge is -2.13. The quantitative estimate of drug-likeness (QED) is 0.744. The number of halogens is 1. The first-order valence-corrected chi connectivity index (χ1v) is 4.77. The lowest BCUT2D eigenvalue weighted by atomic mass is 10.2. The SMILES string of the molecule is CC1CCC(n2cc(F)c(N)nc2=O)O1. The van der Waals surface area contributed by atoms with Crippen molar-refractivity contribution in [3.05, 3.63) is 22.5 Å². The Labute approximate surface area is 85.7 Å². The van der Waals surface area contributed by atoms with Crippen molar-refractivity contribution < 1.29 is 9.13 Å². The number of hydrogen-bond donors (Lipinski definition) is 1. The molecule has 1 aromatic rings. The summed E-state index contributed by atoms with van der Waals surface area (Å²) in [5.74, 6) is -1.07. The molecule has 1 saturated heterocycles. The van der Waals surface area contributed by atoms with E-state index in [-0.39, 0.29) is 11.9 Å². The van der Waals surface area contributed by atoms with E-state index in [1.54, 1.807) is 0 Å². The Morgan fingerprint density at radius 2 is 2.40 bits per heavy atom. The Morgan fingerprint density at radius 3 is 3.00 bits per heavy atom. The molecule has 15 heavy (non-hydrogen) atoms. The lowest BCUT2D eigenvalue weighted by molar-refractivity contribution is 0.00747. The summed E-state index contributed by atoms with van der Waals surface area (Å²) in [6.45, 7) is 1.91. The monoisotopic (exact) mass is 213 g/mol. The highest BCUT2D eigenvalue weighted by Crippen LogP contribution is 2.26. The van der Waals surface area contributed by atoms with Crippen LogP contribution in [-0.4, -0.2) is 15.7 Å².